The van der Waals surface area contributed by atoms with Crippen molar-refractivity contribution < 1.29 is 4.74 Å². The van der Waals surface area contributed by atoms with E-state index in [0.717, 1.165) is 24.9 Å². The predicted molar refractivity (Wildman–Crippen MR) is 111 cm³/mol. The Morgan fingerprint density at radius 1 is 1.19 bits per heavy atom. The normalized spacial score (nSPS) is 20.8. The van der Waals surface area contributed by atoms with E-state index in [1.54, 1.807) is 18.4 Å². The maximum Gasteiger partial charge on any atom is 0.122 e. The zero-order valence-corrected chi connectivity index (χ0v) is 17.3. The van der Waals surface area contributed by atoms with Gasteiger partial charge in [0, 0.05) is 19.1 Å². The molecule has 2 aliphatic rings. The van der Waals surface area contributed by atoms with Crippen molar-refractivity contribution in [1.29, 1.82) is 0 Å². The summed E-state index contributed by atoms with van der Waals surface area (Å²) in [4.78, 5) is 2.71. The summed E-state index contributed by atoms with van der Waals surface area (Å²) < 4.78 is 5.53. The summed E-state index contributed by atoms with van der Waals surface area (Å²) in [5.41, 5.74) is 4.57. The Morgan fingerprint density at radius 3 is 2.65 bits per heavy atom. The summed E-state index contributed by atoms with van der Waals surface area (Å²) in [6.07, 6.45) is 4.02. The second kappa shape index (κ2) is 8.30. The van der Waals surface area contributed by atoms with Crippen molar-refractivity contribution >= 4 is 23.7 Å². The summed E-state index contributed by atoms with van der Waals surface area (Å²) in [5.74, 6) is 1.00. The fourth-order valence-electron chi connectivity index (χ4n) is 4.40. The van der Waals surface area contributed by atoms with Crippen LogP contribution in [0.1, 0.15) is 36.0 Å². The van der Waals surface area contributed by atoms with Crippen LogP contribution >= 0.6 is 23.7 Å². The van der Waals surface area contributed by atoms with Gasteiger partial charge in [0.1, 0.15) is 5.75 Å². The van der Waals surface area contributed by atoms with Crippen LogP contribution in [0.4, 0.5) is 0 Å². The van der Waals surface area contributed by atoms with Crippen molar-refractivity contribution in [3.63, 3.8) is 0 Å². The molecule has 1 saturated carbocycles. The van der Waals surface area contributed by atoms with Gasteiger partial charge >= 0.3 is 0 Å². The van der Waals surface area contributed by atoms with Crippen LogP contribution in [-0.2, 0) is 13.1 Å². The lowest BCUT2D eigenvalue weighted by molar-refractivity contribution is 0.188. The second-order valence-corrected chi connectivity index (χ2v) is 8.45. The Bertz CT molecular complexity index is 713. The van der Waals surface area contributed by atoms with Crippen LogP contribution in [0.3, 0.4) is 0 Å². The lowest BCUT2D eigenvalue weighted by atomic mass is 9.93. The smallest absolute Gasteiger partial charge is 0.122 e. The van der Waals surface area contributed by atoms with Crippen LogP contribution in [0.15, 0.2) is 35.0 Å². The largest absolute Gasteiger partial charge is 0.496 e. The molecule has 0 amide bonds. The lowest BCUT2D eigenvalue weighted by Gasteiger charge is -2.29. The number of piperidine rings is 1. The van der Waals surface area contributed by atoms with Gasteiger partial charge in [-0.1, -0.05) is 12.1 Å². The second-order valence-electron chi connectivity index (χ2n) is 7.67. The molecule has 1 aliphatic carbocycles. The van der Waals surface area contributed by atoms with Crippen molar-refractivity contribution in [2.75, 3.05) is 20.2 Å². The van der Waals surface area contributed by atoms with Gasteiger partial charge in [-0.05, 0) is 84.3 Å². The minimum atomic E-state index is 0. The third kappa shape index (κ3) is 4.09. The fraction of sp³-hybridized carbons (Fsp3) is 0.524. The first-order valence-electron chi connectivity index (χ1n) is 9.29. The van der Waals surface area contributed by atoms with Crippen molar-refractivity contribution in [2.45, 2.75) is 45.3 Å². The van der Waals surface area contributed by atoms with Gasteiger partial charge in [-0.2, -0.15) is 11.3 Å². The number of ether oxygens (including phenoxy) is 1. The van der Waals surface area contributed by atoms with Gasteiger partial charge in [0.05, 0.1) is 7.11 Å². The molecule has 1 unspecified atom stereocenters. The Kier molecular flexibility index (Phi) is 6.29. The Hall–Kier alpha value is -1.07. The Morgan fingerprint density at radius 2 is 1.96 bits per heavy atom. The minimum Gasteiger partial charge on any atom is -0.496 e. The van der Waals surface area contributed by atoms with E-state index in [-0.39, 0.29) is 12.4 Å². The average Bonchev–Trinajstić information content (AvgIpc) is 3.05. The van der Waals surface area contributed by atoms with E-state index in [1.165, 1.54) is 49.0 Å². The fourth-order valence-corrected chi connectivity index (χ4v) is 5.06. The molecule has 5 heteroatoms. The number of benzene rings is 1. The van der Waals surface area contributed by atoms with E-state index in [4.69, 9.17) is 4.74 Å². The van der Waals surface area contributed by atoms with Gasteiger partial charge in [0.25, 0.3) is 0 Å². The van der Waals surface area contributed by atoms with Gasteiger partial charge in [0.15, 0.2) is 0 Å². The zero-order chi connectivity index (χ0) is 17.3. The first-order chi connectivity index (χ1) is 12.2. The number of methoxy groups -OCH3 is 1. The van der Waals surface area contributed by atoms with E-state index < -0.39 is 0 Å². The van der Waals surface area contributed by atoms with Gasteiger partial charge < -0.3 is 10.1 Å². The highest BCUT2D eigenvalue weighted by molar-refractivity contribution is 7.07. The summed E-state index contributed by atoms with van der Waals surface area (Å²) in [5, 5.41) is 8.00. The molecule has 1 atom stereocenters. The highest BCUT2D eigenvalue weighted by Crippen LogP contribution is 2.56. The monoisotopic (exact) mass is 392 g/mol. The minimum absolute atomic E-state index is 0. The van der Waals surface area contributed by atoms with Gasteiger partial charge in [-0.3, -0.25) is 4.90 Å². The van der Waals surface area contributed by atoms with Crippen LogP contribution < -0.4 is 10.1 Å². The first kappa shape index (κ1) is 19.7. The number of halogens is 1. The third-order valence-electron chi connectivity index (χ3n) is 6.01. The van der Waals surface area contributed by atoms with E-state index in [0.29, 0.717) is 5.41 Å². The topological polar surface area (TPSA) is 24.5 Å². The number of hydrogen-bond acceptors (Lipinski definition) is 4. The molecule has 1 aliphatic heterocycles. The zero-order valence-electron chi connectivity index (χ0n) is 15.7. The molecule has 0 radical (unpaired) electrons. The highest BCUT2D eigenvalue weighted by atomic mass is 35.5. The maximum absolute atomic E-state index is 5.53. The number of nitrogens with one attached hydrogen (secondary N) is 1. The predicted octanol–water partition coefficient (Wildman–Crippen LogP) is 4.63. The van der Waals surface area contributed by atoms with Crippen molar-refractivity contribution in [2.24, 2.45) is 5.41 Å². The molecule has 1 aromatic heterocycles. The van der Waals surface area contributed by atoms with E-state index in [9.17, 15) is 0 Å². The summed E-state index contributed by atoms with van der Waals surface area (Å²) in [6, 6.07) is 9.65. The molecular formula is C21H29ClN2OS. The molecule has 1 saturated heterocycles. The standard InChI is InChI=1S/C21H28N2OS.ClH/c1-16-3-4-17(11-19(16)24-2)13-23(14-18-5-10-25-15-18)20-12-21(20)6-8-22-9-7-21;/h3-5,10-11,15,20,22H,6-9,12-14H2,1-2H3;1H. The summed E-state index contributed by atoms with van der Waals surface area (Å²) >= 11 is 1.80. The average molecular weight is 393 g/mol. The molecule has 4 rings (SSSR count). The number of aryl methyl sites for hydroxylation is 1. The molecule has 0 bridgehead atoms. The van der Waals surface area contributed by atoms with Gasteiger partial charge in [-0.15, -0.1) is 12.4 Å². The molecule has 2 aromatic rings. The molecule has 1 spiro atoms. The first-order valence-corrected chi connectivity index (χ1v) is 10.2. The molecule has 1 N–H and O–H groups in total. The lowest BCUT2D eigenvalue weighted by Crippen LogP contribution is -2.35. The summed E-state index contributed by atoms with van der Waals surface area (Å²) in [6.45, 7) is 6.53. The molecule has 2 heterocycles. The quantitative estimate of drug-likeness (QED) is 0.775. The van der Waals surface area contributed by atoms with E-state index in [1.807, 2.05) is 0 Å². The Balaban J connectivity index is 0.00000196. The van der Waals surface area contributed by atoms with Crippen LogP contribution in [0, 0.1) is 12.3 Å². The van der Waals surface area contributed by atoms with Gasteiger partial charge in [0.2, 0.25) is 0 Å². The van der Waals surface area contributed by atoms with E-state index in [2.05, 4.69) is 52.2 Å². The SMILES string of the molecule is COc1cc(CN(Cc2ccsc2)C2CC23CCNCC3)ccc1C.Cl. The molecule has 26 heavy (non-hydrogen) atoms. The van der Waals surface area contributed by atoms with Crippen LogP contribution in [0.5, 0.6) is 5.75 Å². The van der Waals surface area contributed by atoms with Crippen molar-refractivity contribution in [1.82, 2.24) is 10.2 Å². The number of rotatable bonds is 6. The number of nitrogens with zero attached hydrogens (tertiary/aromatic N) is 1. The van der Waals surface area contributed by atoms with Crippen molar-refractivity contribution in [3.8, 4) is 5.75 Å². The van der Waals surface area contributed by atoms with Crippen LogP contribution in [-0.4, -0.2) is 31.1 Å². The Labute approximate surface area is 167 Å². The summed E-state index contributed by atoms with van der Waals surface area (Å²) in [7, 11) is 1.76. The number of thiophene rings is 1. The third-order valence-corrected chi connectivity index (χ3v) is 6.74. The van der Waals surface area contributed by atoms with E-state index >= 15 is 0 Å². The molecule has 1 aromatic carbocycles. The molecule has 142 valence electrons. The van der Waals surface area contributed by atoms with Gasteiger partial charge in [-0.25, -0.2) is 0 Å². The highest BCUT2D eigenvalue weighted by Gasteiger charge is 2.56. The van der Waals surface area contributed by atoms with Crippen LogP contribution in [0.2, 0.25) is 0 Å². The number of hydrogen-bond donors (Lipinski definition) is 1. The maximum atomic E-state index is 5.53. The molecule has 3 nitrogen and oxygen atoms in total. The van der Waals surface area contributed by atoms with Crippen molar-refractivity contribution in [3.05, 3.63) is 51.7 Å². The molecule has 2 fully saturated rings. The van der Waals surface area contributed by atoms with Crippen LogP contribution in [0.25, 0.3) is 0 Å². The molecular weight excluding hydrogens is 364 g/mol.